The third-order valence-electron chi connectivity index (χ3n) is 10.1. The smallest absolute Gasteiger partial charge is 0.462 e. The molecule has 1 saturated carbocycles. The molecule has 0 amide bonds. The third kappa shape index (κ3) is 28.2. The van der Waals surface area contributed by atoms with Crippen molar-refractivity contribution in [2.75, 3.05) is 13.2 Å². The fourth-order valence-corrected chi connectivity index (χ4v) is 7.42. The van der Waals surface area contributed by atoms with Crippen LogP contribution >= 0.6 is 7.82 Å². The summed E-state index contributed by atoms with van der Waals surface area (Å²) in [5.41, 5.74) is 0. The minimum absolute atomic E-state index is 0.0405. The lowest BCUT2D eigenvalue weighted by atomic mass is 9.85. The largest absolute Gasteiger partial charge is 0.472 e. The van der Waals surface area contributed by atoms with Gasteiger partial charge in [0.1, 0.15) is 43.2 Å². The number of carbonyl (C=O) groups excluding carboxylic acids is 2. The van der Waals surface area contributed by atoms with E-state index in [0.717, 1.165) is 70.6 Å². The van der Waals surface area contributed by atoms with Crippen LogP contribution in [-0.2, 0) is 32.7 Å². The second kappa shape index (κ2) is 36.1. The Bertz CT molecular complexity index is 1280. The van der Waals surface area contributed by atoms with Gasteiger partial charge in [-0.1, -0.05) is 132 Å². The molecule has 346 valence electrons. The molecule has 0 saturated heterocycles. The molecule has 13 nitrogen and oxygen atoms in total. The van der Waals surface area contributed by atoms with Crippen LogP contribution in [0, 0.1) is 0 Å². The van der Waals surface area contributed by atoms with E-state index in [1.807, 2.05) is 6.08 Å². The van der Waals surface area contributed by atoms with Crippen molar-refractivity contribution in [1.29, 1.82) is 0 Å². The first-order valence-corrected chi connectivity index (χ1v) is 24.1. The maximum Gasteiger partial charge on any atom is 0.472 e. The minimum atomic E-state index is -5.13. The topological polar surface area (TPSA) is 210 Å². The van der Waals surface area contributed by atoms with Gasteiger partial charge in [0.15, 0.2) is 6.10 Å². The van der Waals surface area contributed by atoms with E-state index >= 15 is 0 Å². The van der Waals surface area contributed by atoms with Gasteiger partial charge in [-0.3, -0.25) is 18.6 Å². The zero-order valence-electron chi connectivity index (χ0n) is 36.5. The second-order valence-electron chi connectivity index (χ2n) is 15.5. The number of esters is 2. The highest BCUT2D eigenvalue weighted by Crippen LogP contribution is 2.47. The van der Waals surface area contributed by atoms with Crippen molar-refractivity contribution >= 4 is 19.8 Å². The molecule has 1 aliphatic rings. The van der Waals surface area contributed by atoms with Gasteiger partial charge in [0.05, 0.1) is 6.61 Å². The molecule has 1 rings (SSSR count). The molecule has 0 aromatic heterocycles. The molecule has 6 N–H and O–H groups in total. The van der Waals surface area contributed by atoms with Crippen molar-refractivity contribution in [2.45, 2.75) is 204 Å². The number of rotatable bonds is 36. The van der Waals surface area contributed by atoms with Crippen LogP contribution in [-0.4, -0.2) is 98.3 Å². The van der Waals surface area contributed by atoms with Gasteiger partial charge in [-0.15, -0.1) is 0 Å². The monoisotopic (exact) mass is 871 g/mol. The lowest BCUT2D eigenvalue weighted by molar-refractivity contribution is -0.220. The summed E-state index contributed by atoms with van der Waals surface area (Å²) in [6.45, 7) is 3.13. The molecule has 14 heteroatoms. The molecule has 0 aromatic rings. The van der Waals surface area contributed by atoms with Gasteiger partial charge in [0.25, 0.3) is 0 Å². The lowest BCUT2D eigenvalue weighted by Crippen LogP contribution is -2.64. The molecular formula is C46H79O13P. The van der Waals surface area contributed by atoms with E-state index in [0.29, 0.717) is 19.3 Å². The van der Waals surface area contributed by atoms with Crippen LogP contribution in [0.2, 0.25) is 0 Å². The maximum atomic E-state index is 12.8. The van der Waals surface area contributed by atoms with Crippen LogP contribution in [0.15, 0.2) is 60.8 Å². The molecule has 1 fully saturated rings. The van der Waals surface area contributed by atoms with Gasteiger partial charge < -0.3 is 39.9 Å². The Morgan fingerprint density at radius 2 is 0.950 bits per heavy atom. The highest BCUT2D eigenvalue weighted by atomic mass is 31.2. The fraction of sp³-hybridized carbons (Fsp3) is 0.739. The van der Waals surface area contributed by atoms with Crippen molar-refractivity contribution in [3.8, 4) is 0 Å². The molecule has 0 aliphatic heterocycles. The number of hydrogen-bond donors (Lipinski definition) is 6. The summed E-state index contributed by atoms with van der Waals surface area (Å²) in [5, 5.41) is 50.1. The summed E-state index contributed by atoms with van der Waals surface area (Å²) < 4.78 is 33.4. The maximum absolute atomic E-state index is 12.8. The van der Waals surface area contributed by atoms with Crippen molar-refractivity contribution in [3.05, 3.63) is 60.8 Å². The number of allylic oxidation sites excluding steroid dienone is 10. The Morgan fingerprint density at radius 3 is 1.50 bits per heavy atom. The number of hydrogen-bond acceptors (Lipinski definition) is 12. The van der Waals surface area contributed by atoms with E-state index in [2.05, 4.69) is 68.5 Å². The number of phosphoric ester groups is 1. The number of aliphatic hydroxyl groups excluding tert-OH is 5. The number of ether oxygens (including phenoxy) is 2. The summed E-state index contributed by atoms with van der Waals surface area (Å²) >= 11 is 0. The molecule has 8 atom stereocenters. The Kier molecular flexibility index (Phi) is 33.4. The molecule has 0 heterocycles. The molecule has 0 aromatic carbocycles. The van der Waals surface area contributed by atoms with Gasteiger partial charge >= 0.3 is 19.8 Å². The van der Waals surface area contributed by atoms with E-state index in [9.17, 15) is 44.6 Å². The van der Waals surface area contributed by atoms with Gasteiger partial charge in [-0.05, 0) is 77.0 Å². The highest BCUT2D eigenvalue weighted by molar-refractivity contribution is 7.47. The van der Waals surface area contributed by atoms with E-state index < -0.39 is 75.7 Å². The van der Waals surface area contributed by atoms with E-state index in [1.165, 1.54) is 44.9 Å². The van der Waals surface area contributed by atoms with Crippen LogP contribution in [0.1, 0.15) is 162 Å². The van der Waals surface area contributed by atoms with E-state index in [-0.39, 0.29) is 12.8 Å². The first-order valence-electron chi connectivity index (χ1n) is 22.6. The predicted octanol–water partition coefficient (Wildman–Crippen LogP) is 8.55. The fourth-order valence-electron chi connectivity index (χ4n) is 6.45. The Labute approximate surface area is 360 Å². The van der Waals surface area contributed by atoms with Crippen LogP contribution in [0.5, 0.6) is 0 Å². The van der Waals surface area contributed by atoms with Crippen molar-refractivity contribution in [1.82, 2.24) is 0 Å². The zero-order chi connectivity index (χ0) is 44.3. The average molecular weight is 871 g/mol. The van der Waals surface area contributed by atoms with E-state index in [4.69, 9.17) is 18.5 Å². The van der Waals surface area contributed by atoms with E-state index in [1.54, 1.807) is 0 Å². The van der Waals surface area contributed by atoms with Crippen molar-refractivity contribution in [2.24, 2.45) is 0 Å². The standard InChI is InChI=1S/C46H79O13P/c1-3-5-7-9-11-13-15-17-19-21-22-24-26-28-30-32-34-39(47)56-36-38(37-57-60(54,55)59-46-44(52)42(50)41(49)43(51)45(46)53)58-40(48)35-33-31-29-27-25-23-20-18-16-14-12-10-8-6-4-2/h6,8,12,14,18-21,25,27,38,41-46,49-53H,3-5,7,9-11,13,15-17,22-24,26,28-37H2,1-2H3,(H,54,55)/b8-6-,14-12-,20-18-,21-19-,27-25-/t38-,41?,42-,43?,44?,45?,46?/m1/s1. The Hall–Kier alpha value is -2.45. The molecule has 0 radical (unpaired) electrons. The van der Waals surface area contributed by atoms with Crippen LogP contribution in [0.25, 0.3) is 0 Å². The number of carbonyl (C=O) groups is 2. The third-order valence-corrected chi connectivity index (χ3v) is 11.1. The van der Waals surface area contributed by atoms with Crippen LogP contribution in [0.3, 0.4) is 0 Å². The van der Waals surface area contributed by atoms with Gasteiger partial charge in [-0.25, -0.2) is 4.57 Å². The normalized spacial score (nSPS) is 22.7. The Balaban J connectivity index is 2.51. The summed E-state index contributed by atoms with van der Waals surface area (Å²) in [5.74, 6) is -1.16. The minimum Gasteiger partial charge on any atom is -0.462 e. The Morgan fingerprint density at radius 1 is 0.533 bits per heavy atom. The first-order chi connectivity index (χ1) is 28.9. The molecule has 6 unspecified atom stereocenters. The summed E-state index contributed by atoms with van der Waals surface area (Å²) in [6, 6.07) is 0. The molecule has 0 bridgehead atoms. The molecule has 60 heavy (non-hydrogen) atoms. The number of unbranched alkanes of at least 4 members (excludes halogenated alkanes) is 14. The lowest BCUT2D eigenvalue weighted by Gasteiger charge is -2.41. The summed E-state index contributed by atoms with van der Waals surface area (Å²) in [7, 11) is -5.13. The van der Waals surface area contributed by atoms with Crippen LogP contribution in [0.4, 0.5) is 0 Å². The number of aliphatic hydroxyl groups is 5. The molecular weight excluding hydrogens is 791 g/mol. The van der Waals surface area contributed by atoms with Crippen molar-refractivity contribution < 1.29 is 63.1 Å². The number of phosphoric acid groups is 1. The predicted molar refractivity (Wildman–Crippen MR) is 235 cm³/mol. The molecule has 0 spiro atoms. The average Bonchev–Trinajstić information content (AvgIpc) is 3.23. The zero-order valence-corrected chi connectivity index (χ0v) is 37.4. The van der Waals surface area contributed by atoms with Gasteiger partial charge in [-0.2, -0.15) is 0 Å². The summed E-state index contributed by atoms with van der Waals surface area (Å²) in [4.78, 5) is 35.6. The highest BCUT2D eigenvalue weighted by Gasteiger charge is 2.51. The molecule has 1 aliphatic carbocycles. The van der Waals surface area contributed by atoms with Gasteiger partial charge in [0, 0.05) is 12.8 Å². The SMILES string of the molecule is CC/C=C\C/C=C\C/C=C\C/C=C\CCCCC(=O)O[C@H](COC(=O)CCCCCCC/C=C\CCCCCCCCC)COP(=O)(O)OC1C(O)C(O)C(O)[C@@H](O)C1O. The van der Waals surface area contributed by atoms with Gasteiger partial charge in [0.2, 0.25) is 0 Å². The van der Waals surface area contributed by atoms with Crippen molar-refractivity contribution in [3.63, 3.8) is 0 Å². The van der Waals surface area contributed by atoms with Crippen LogP contribution < -0.4 is 0 Å². The quantitative estimate of drug-likeness (QED) is 0.0151. The first kappa shape index (κ1) is 55.6. The second-order valence-corrected chi connectivity index (χ2v) is 16.9. The summed E-state index contributed by atoms with van der Waals surface area (Å²) in [6.07, 6.45) is 30.0.